The Bertz CT molecular complexity index is 1290. The van der Waals surface area contributed by atoms with Crippen LogP contribution >= 0.6 is 0 Å². The Morgan fingerprint density at radius 1 is 1.23 bits per heavy atom. The van der Waals surface area contributed by atoms with Crippen LogP contribution in [0, 0.1) is 0 Å². The van der Waals surface area contributed by atoms with Crippen molar-refractivity contribution in [3.63, 3.8) is 0 Å². The molecule has 1 saturated heterocycles. The maximum Gasteiger partial charge on any atom is 0.253 e. The molecule has 2 fully saturated rings. The normalized spacial score (nSPS) is 19.4. The number of aromatic nitrogens is 3. The molecule has 0 bridgehead atoms. The predicted molar refractivity (Wildman–Crippen MR) is 119 cm³/mol. The molecular weight excluding hydrogens is 412 g/mol. The summed E-state index contributed by atoms with van der Waals surface area (Å²) in [5.41, 5.74) is 3.58. The van der Waals surface area contributed by atoms with Gasteiger partial charge in [0.2, 0.25) is 0 Å². The average Bonchev–Trinajstić information content (AvgIpc) is 3.46. The van der Waals surface area contributed by atoms with Crippen LogP contribution in [0.3, 0.4) is 0 Å². The zero-order chi connectivity index (χ0) is 22.0. The number of nitrogens with one attached hydrogen (secondary N) is 1. The number of pyridine rings is 1. The van der Waals surface area contributed by atoms with Crippen LogP contribution in [-0.4, -0.2) is 46.1 Å². The van der Waals surface area contributed by atoms with Crippen molar-refractivity contribution in [2.75, 3.05) is 11.5 Å². The number of hydrogen-bond donors (Lipinski definition) is 1. The average molecular weight is 439 g/mol. The second-order valence-electron chi connectivity index (χ2n) is 9.46. The lowest BCUT2D eigenvalue weighted by atomic mass is 10.0. The maximum atomic E-state index is 12.8. The number of sulfone groups is 1. The second kappa shape index (κ2) is 6.88. The van der Waals surface area contributed by atoms with Gasteiger partial charge in [-0.25, -0.2) is 18.1 Å². The lowest BCUT2D eigenvalue weighted by Crippen LogP contribution is -2.63. The molecule has 0 spiro atoms. The Morgan fingerprint density at radius 3 is 2.61 bits per heavy atom. The summed E-state index contributed by atoms with van der Waals surface area (Å²) in [5, 5.41) is 8.54. The van der Waals surface area contributed by atoms with E-state index in [0.29, 0.717) is 17.1 Å². The fraction of sp³-hybridized carbons (Fsp3) is 0.435. The molecule has 2 aromatic heterocycles. The minimum atomic E-state index is -3.05. The first-order valence-electron chi connectivity index (χ1n) is 10.7. The molecule has 0 radical (unpaired) electrons. The van der Waals surface area contributed by atoms with Crippen molar-refractivity contribution < 1.29 is 13.2 Å². The molecule has 1 saturated carbocycles. The molecule has 8 heteroatoms. The number of hydrogen-bond acceptors (Lipinski definition) is 5. The van der Waals surface area contributed by atoms with E-state index >= 15 is 0 Å². The summed E-state index contributed by atoms with van der Waals surface area (Å²) in [7, 11) is -3.05. The topological polar surface area (TPSA) is 93.9 Å². The second-order valence-corrected chi connectivity index (χ2v) is 11.5. The third-order valence-electron chi connectivity index (χ3n) is 6.02. The minimum absolute atomic E-state index is 0.0338. The van der Waals surface area contributed by atoms with Gasteiger partial charge in [0, 0.05) is 11.6 Å². The first kappa shape index (κ1) is 20.2. The summed E-state index contributed by atoms with van der Waals surface area (Å²) in [5.74, 6) is 0.419. The molecule has 31 heavy (non-hydrogen) atoms. The van der Waals surface area contributed by atoms with Gasteiger partial charge in [0.25, 0.3) is 5.91 Å². The zero-order valence-corrected chi connectivity index (χ0v) is 18.7. The number of rotatable bonds is 5. The van der Waals surface area contributed by atoms with Crippen LogP contribution in [0.15, 0.2) is 36.5 Å². The highest BCUT2D eigenvalue weighted by Gasteiger charge is 2.45. The van der Waals surface area contributed by atoms with E-state index in [1.165, 1.54) is 18.4 Å². The Labute approximate surface area is 181 Å². The molecule has 0 atom stereocenters. The third kappa shape index (κ3) is 3.73. The number of amides is 1. The zero-order valence-electron chi connectivity index (χ0n) is 17.9. The Morgan fingerprint density at radius 2 is 1.97 bits per heavy atom. The van der Waals surface area contributed by atoms with Crippen LogP contribution in [0.4, 0.5) is 0 Å². The van der Waals surface area contributed by atoms with Gasteiger partial charge in [-0.1, -0.05) is 26.0 Å². The summed E-state index contributed by atoms with van der Waals surface area (Å²) in [6, 6.07) is 10.2. The molecule has 1 aromatic carbocycles. The van der Waals surface area contributed by atoms with Crippen molar-refractivity contribution in [3.05, 3.63) is 53.3 Å². The lowest BCUT2D eigenvalue weighted by Gasteiger charge is -2.38. The van der Waals surface area contributed by atoms with Crippen LogP contribution in [0.1, 0.15) is 67.1 Å². The molecule has 1 N–H and O–H groups in total. The highest BCUT2D eigenvalue weighted by Crippen LogP contribution is 2.40. The number of benzene rings is 1. The standard InChI is InChI=1S/C23H26N4O3S/c1-14(2)20-19-10-17(22(28)25-23(3)12-31(29,30)13-23)11-24-21(19)27(26-20)18-6-4-5-16(9-18)15-7-8-15/h4-6,9-11,14-15H,7-8,12-13H2,1-3H3,(H,25,28). The van der Waals surface area contributed by atoms with E-state index in [-0.39, 0.29) is 23.3 Å². The van der Waals surface area contributed by atoms with Crippen LogP contribution < -0.4 is 5.32 Å². The Balaban J connectivity index is 1.52. The molecule has 3 heterocycles. The monoisotopic (exact) mass is 438 g/mol. The van der Waals surface area contributed by atoms with E-state index in [1.54, 1.807) is 13.1 Å². The van der Waals surface area contributed by atoms with E-state index in [4.69, 9.17) is 5.10 Å². The van der Waals surface area contributed by atoms with Crippen molar-refractivity contribution in [1.82, 2.24) is 20.1 Å². The lowest BCUT2D eigenvalue weighted by molar-refractivity contribution is 0.0916. The summed E-state index contributed by atoms with van der Waals surface area (Å²) < 4.78 is 25.0. The van der Waals surface area contributed by atoms with E-state index in [9.17, 15) is 13.2 Å². The molecule has 5 rings (SSSR count). The van der Waals surface area contributed by atoms with Crippen molar-refractivity contribution in [2.24, 2.45) is 0 Å². The molecule has 1 amide bonds. The first-order valence-corrected chi connectivity index (χ1v) is 12.5. The highest BCUT2D eigenvalue weighted by atomic mass is 32.2. The van der Waals surface area contributed by atoms with Gasteiger partial charge in [-0.05, 0) is 55.4 Å². The number of fused-ring (bicyclic) bond motifs is 1. The van der Waals surface area contributed by atoms with Gasteiger partial charge >= 0.3 is 0 Å². The highest BCUT2D eigenvalue weighted by molar-refractivity contribution is 7.93. The van der Waals surface area contributed by atoms with Gasteiger partial charge < -0.3 is 5.32 Å². The van der Waals surface area contributed by atoms with Gasteiger partial charge in [-0.2, -0.15) is 5.10 Å². The maximum absolute atomic E-state index is 12.8. The fourth-order valence-corrected chi connectivity index (χ4v) is 6.43. The molecule has 1 aliphatic heterocycles. The van der Waals surface area contributed by atoms with Crippen LogP contribution in [-0.2, 0) is 9.84 Å². The van der Waals surface area contributed by atoms with Gasteiger partial charge in [0.15, 0.2) is 15.5 Å². The molecule has 1 aliphatic carbocycles. The number of nitrogens with zero attached hydrogens (tertiary/aromatic N) is 3. The molecule has 7 nitrogen and oxygen atoms in total. The van der Waals surface area contributed by atoms with E-state index in [1.807, 2.05) is 16.8 Å². The molecule has 3 aromatic rings. The van der Waals surface area contributed by atoms with Gasteiger partial charge in [-0.3, -0.25) is 4.79 Å². The SMILES string of the molecule is CC(C)c1nn(-c2cccc(C3CC3)c2)c2ncc(C(=O)NC3(C)CS(=O)(=O)C3)cc12. The largest absolute Gasteiger partial charge is 0.345 e. The van der Waals surface area contributed by atoms with Crippen LogP contribution in [0.2, 0.25) is 0 Å². The van der Waals surface area contributed by atoms with E-state index in [2.05, 4.69) is 42.3 Å². The quantitative estimate of drug-likeness (QED) is 0.659. The Kier molecular flexibility index (Phi) is 4.48. The Hall–Kier alpha value is -2.74. The molecule has 162 valence electrons. The van der Waals surface area contributed by atoms with Gasteiger partial charge in [-0.15, -0.1) is 0 Å². The predicted octanol–water partition coefficient (Wildman–Crippen LogP) is 3.34. The van der Waals surface area contributed by atoms with Gasteiger partial charge in [0.1, 0.15) is 0 Å². The third-order valence-corrected chi connectivity index (χ3v) is 8.17. The van der Waals surface area contributed by atoms with Crippen molar-refractivity contribution in [2.45, 2.75) is 51.0 Å². The first-order chi connectivity index (χ1) is 14.6. The smallest absolute Gasteiger partial charge is 0.253 e. The number of carbonyl (C=O) groups is 1. The van der Waals surface area contributed by atoms with E-state index in [0.717, 1.165) is 16.8 Å². The number of carbonyl (C=O) groups excluding carboxylic acids is 1. The summed E-state index contributed by atoms with van der Waals surface area (Å²) >= 11 is 0. The summed E-state index contributed by atoms with van der Waals surface area (Å²) in [6.45, 7) is 5.89. The van der Waals surface area contributed by atoms with Crippen molar-refractivity contribution in [3.8, 4) is 5.69 Å². The van der Waals surface area contributed by atoms with Crippen LogP contribution in [0.5, 0.6) is 0 Å². The van der Waals surface area contributed by atoms with Crippen molar-refractivity contribution in [1.29, 1.82) is 0 Å². The molecule has 0 unspecified atom stereocenters. The van der Waals surface area contributed by atoms with Crippen LogP contribution in [0.25, 0.3) is 16.7 Å². The molecule has 2 aliphatic rings. The summed E-state index contributed by atoms with van der Waals surface area (Å²) in [4.78, 5) is 17.4. The minimum Gasteiger partial charge on any atom is -0.345 e. The van der Waals surface area contributed by atoms with Crippen molar-refractivity contribution >= 4 is 26.8 Å². The molecular formula is C23H26N4O3S. The van der Waals surface area contributed by atoms with Gasteiger partial charge in [0.05, 0.1) is 34.0 Å². The fourth-order valence-electron chi connectivity index (χ4n) is 4.43. The van der Waals surface area contributed by atoms with E-state index < -0.39 is 15.4 Å². The summed E-state index contributed by atoms with van der Waals surface area (Å²) in [6.07, 6.45) is 4.01.